The Labute approximate surface area is 243 Å². The van der Waals surface area contributed by atoms with Crippen LogP contribution in [0.3, 0.4) is 0 Å². The van der Waals surface area contributed by atoms with E-state index in [4.69, 9.17) is 4.42 Å². The normalized spacial score (nSPS) is 11.3. The molecule has 6 aromatic carbocycles. The number of benzene rings is 6. The third kappa shape index (κ3) is 4.20. The zero-order valence-corrected chi connectivity index (χ0v) is 22.8. The highest BCUT2D eigenvalue weighted by Crippen LogP contribution is 2.43. The molecule has 0 aliphatic rings. The first-order valence-corrected chi connectivity index (χ1v) is 14.1. The van der Waals surface area contributed by atoms with Gasteiger partial charge in [0.1, 0.15) is 5.58 Å². The third-order valence-corrected chi connectivity index (χ3v) is 7.93. The van der Waals surface area contributed by atoms with Gasteiger partial charge in [0.15, 0.2) is 0 Å². The van der Waals surface area contributed by atoms with Crippen molar-refractivity contribution < 1.29 is 4.42 Å². The number of hydrogen-bond acceptors (Lipinski definition) is 3. The number of hydrogen-bond donors (Lipinski definition) is 0. The van der Waals surface area contributed by atoms with Crippen LogP contribution in [0.25, 0.3) is 55.1 Å². The lowest BCUT2D eigenvalue weighted by molar-refractivity contribution is 0.654. The van der Waals surface area contributed by atoms with Crippen LogP contribution in [0, 0.1) is 0 Å². The van der Waals surface area contributed by atoms with E-state index in [1.165, 1.54) is 33.0 Å². The summed E-state index contributed by atoms with van der Waals surface area (Å²) >= 11 is 0. The van der Waals surface area contributed by atoms with Crippen molar-refractivity contribution in [3.8, 4) is 22.3 Å². The molecule has 198 valence electrons. The van der Waals surface area contributed by atoms with E-state index >= 15 is 0 Å². The Bertz CT molecular complexity index is 2180. The minimum Gasteiger partial charge on any atom is -0.438 e. The van der Waals surface area contributed by atoms with Gasteiger partial charge in [0, 0.05) is 17.6 Å². The van der Waals surface area contributed by atoms with Gasteiger partial charge in [0.05, 0.1) is 16.5 Å². The van der Waals surface area contributed by atoms with Gasteiger partial charge < -0.3 is 9.32 Å². The highest BCUT2D eigenvalue weighted by molar-refractivity contribution is 6.12. The van der Waals surface area contributed by atoms with Gasteiger partial charge >= 0.3 is 0 Å². The molecule has 0 fully saturated rings. The van der Waals surface area contributed by atoms with Crippen molar-refractivity contribution in [2.24, 2.45) is 0 Å². The summed E-state index contributed by atoms with van der Waals surface area (Å²) < 4.78 is 6.17. The summed E-state index contributed by atoms with van der Waals surface area (Å²) in [5, 5.41) is 4.54. The standard InChI is InChI=1S/C39H26N2O/c1-2-8-27(9-3-1)29-17-21-33(22-18-29)41(36-13-6-14-37-38(36)35-12-7-25-40-39(35)42-37)34-23-19-30(20-24-34)32-16-15-28-10-4-5-11-31(28)26-32/h1-26H. The molecule has 2 heterocycles. The van der Waals surface area contributed by atoms with Crippen molar-refractivity contribution in [2.45, 2.75) is 0 Å². The van der Waals surface area contributed by atoms with Gasteiger partial charge in [-0.2, -0.15) is 0 Å². The maximum absolute atomic E-state index is 6.17. The number of furan rings is 1. The topological polar surface area (TPSA) is 29.3 Å². The Morgan fingerprint density at radius 3 is 1.88 bits per heavy atom. The number of anilines is 3. The highest BCUT2D eigenvalue weighted by Gasteiger charge is 2.19. The Morgan fingerprint density at radius 2 is 1.12 bits per heavy atom. The molecule has 8 aromatic rings. The van der Waals surface area contributed by atoms with E-state index in [0.29, 0.717) is 5.71 Å². The van der Waals surface area contributed by atoms with Gasteiger partial charge in [-0.1, -0.05) is 97.1 Å². The summed E-state index contributed by atoms with van der Waals surface area (Å²) in [6, 6.07) is 53.5. The maximum Gasteiger partial charge on any atom is 0.227 e. The number of rotatable bonds is 5. The van der Waals surface area contributed by atoms with E-state index < -0.39 is 0 Å². The van der Waals surface area contributed by atoms with Crippen LogP contribution in [0.15, 0.2) is 162 Å². The summed E-state index contributed by atoms with van der Waals surface area (Å²) in [6.45, 7) is 0. The van der Waals surface area contributed by atoms with Gasteiger partial charge in [-0.3, -0.25) is 0 Å². The summed E-state index contributed by atoms with van der Waals surface area (Å²) in [5.41, 5.74) is 9.41. The van der Waals surface area contributed by atoms with Gasteiger partial charge in [0.25, 0.3) is 0 Å². The second-order valence-electron chi connectivity index (χ2n) is 10.5. The Hall–Kier alpha value is -5.67. The molecule has 0 atom stereocenters. The van der Waals surface area contributed by atoms with Crippen LogP contribution in [0.2, 0.25) is 0 Å². The summed E-state index contributed by atoms with van der Waals surface area (Å²) in [7, 11) is 0. The Morgan fingerprint density at radius 1 is 0.476 bits per heavy atom. The molecule has 0 aliphatic carbocycles. The number of pyridine rings is 1. The predicted molar refractivity (Wildman–Crippen MR) is 175 cm³/mol. The van der Waals surface area contributed by atoms with Crippen LogP contribution < -0.4 is 4.90 Å². The number of fused-ring (bicyclic) bond motifs is 4. The SMILES string of the molecule is c1ccc(-c2ccc(N(c3ccc(-c4ccc5ccccc5c4)cc3)c3cccc4oc5ncccc5c34)cc2)cc1. The smallest absolute Gasteiger partial charge is 0.227 e. The molecule has 0 spiro atoms. The van der Waals surface area contributed by atoms with Crippen molar-refractivity contribution in [1.29, 1.82) is 0 Å². The fourth-order valence-corrected chi connectivity index (χ4v) is 5.86. The summed E-state index contributed by atoms with van der Waals surface area (Å²) in [4.78, 5) is 6.80. The molecule has 0 amide bonds. The molecule has 0 saturated carbocycles. The largest absolute Gasteiger partial charge is 0.438 e. The first-order chi connectivity index (χ1) is 20.8. The number of nitrogens with zero attached hydrogens (tertiary/aromatic N) is 2. The zero-order chi connectivity index (χ0) is 27.9. The molecule has 0 aliphatic heterocycles. The van der Waals surface area contributed by atoms with Crippen molar-refractivity contribution in [1.82, 2.24) is 4.98 Å². The van der Waals surface area contributed by atoms with Crippen LogP contribution in [-0.4, -0.2) is 4.98 Å². The monoisotopic (exact) mass is 538 g/mol. The van der Waals surface area contributed by atoms with E-state index in [1.807, 2.05) is 18.2 Å². The minimum absolute atomic E-state index is 0.644. The van der Waals surface area contributed by atoms with E-state index in [-0.39, 0.29) is 0 Å². The van der Waals surface area contributed by atoms with Gasteiger partial charge in [-0.25, -0.2) is 4.98 Å². The van der Waals surface area contributed by atoms with Crippen LogP contribution in [0.5, 0.6) is 0 Å². The molecule has 0 unspecified atom stereocenters. The van der Waals surface area contributed by atoms with Gasteiger partial charge in [-0.15, -0.1) is 0 Å². The minimum atomic E-state index is 0.644. The third-order valence-electron chi connectivity index (χ3n) is 7.93. The quantitative estimate of drug-likeness (QED) is 0.218. The van der Waals surface area contributed by atoms with Gasteiger partial charge in [0.2, 0.25) is 5.71 Å². The predicted octanol–water partition coefficient (Wildman–Crippen LogP) is 10.9. The average Bonchev–Trinajstić information content (AvgIpc) is 3.45. The molecular formula is C39H26N2O. The molecule has 2 aromatic heterocycles. The van der Waals surface area contributed by atoms with Crippen molar-refractivity contribution in [3.05, 3.63) is 158 Å². The molecule has 42 heavy (non-hydrogen) atoms. The molecule has 0 N–H and O–H groups in total. The van der Waals surface area contributed by atoms with E-state index in [0.717, 1.165) is 33.4 Å². The first-order valence-electron chi connectivity index (χ1n) is 14.1. The lowest BCUT2D eigenvalue weighted by Gasteiger charge is -2.26. The summed E-state index contributed by atoms with van der Waals surface area (Å²) in [6.07, 6.45) is 1.77. The van der Waals surface area contributed by atoms with Crippen LogP contribution >= 0.6 is 0 Å². The van der Waals surface area contributed by atoms with Crippen molar-refractivity contribution in [3.63, 3.8) is 0 Å². The molecular weight excluding hydrogens is 512 g/mol. The lowest BCUT2D eigenvalue weighted by atomic mass is 10.0. The zero-order valence-electron chi connectivity index (χ0n) is 22.8. The average molecular weight is 539 g/mol. The Balaban J connectivity index is 1.27. The molecule has 0 saturated heterocycles. The fraction of sp³-hybridized carbons (Fsp3) is 0. The Kier molecular flexibility index (Phi) is 5.79. The molecule has 3 heteroatoms. The molecule has 3 nitrogen and oxygen atoms in total. The maximum atomic E-state index is 6.17. The van der Waals surface area contributed by atoms with E-state index in [2.05, 4.69) is 143 Å². The second kappa shape index (κ2) is 10.1. The van der Waals surface area contributed by atoms with Crippen molar-refractivity contribution >= 4 is 49.9 Å². The molecule has 8 rings (SSSR count). The van der Waals surface area contributed by atoms with Gasteiger partial charge in [-0.05, 0) is 87.6 Å². The molecule has 0 bridgehead atoms. The summed E-state index contributed by atoms with van der Waals surface area (Å²) in [5.74, 6) is 0. The van der Waals surface area contributed by atoms with Crippen LogP contribution in [0.1, 0.15) is 0 Å². The lowest BCUT2D eigenvalue weighted by Crippen LogP contribution is -2.10. The number of aromatic nitrogens is 1. The van der Waals surface area contributed by atoms with E-state index in [9.17, 15) is 0 Å². The van der Waals surface area contributed by atoms with Crippen LogP contribution in [0.4, 0.5) is 17.1 Å². The van der Waals surface area contributed by atoms with E-state index in [1.54, 1.807) is 6.20 Å². The highest BCUT2D eigenvalue weighted by atomic mass is 16.3. The first kappa shape index (κ1) is 24.2. The molecule has 0 radical (unpaired) electrons. The second-order valence-corrected chi connectivity index (χ2v) is 10.5. The van der Waals surface area contributed by atoms with Crippen LogP contribution in [-0.2, 0) is 0 Å². The van der Waals surface area contributed by atoms with Crippen molar-refractivity contribution in [2.75, 3.05) is 4.90 Å². The fourth-order valence-electron chi connectivity index (χ4n) is 5.86.